The van der Waals surface area contributed by atoms with E-state index in [1.807, 2.05) is 6.26 Å². The van der Waals surface area contributed by atoms with Gasteiger partial charge in [0.15, 0.2) is 5.16 Å². The van der Waals surface area contributed by atoms with Gasteiger partial charge >= 0.3 is 0 Å². The number of thioether (sulfide) groups is 1. The molecule has 1 amide bonds. The summed E-state index contributed by atoms with van der Waals surface area (Å²) >= 11 is 7.35. The van der Waals surface area contributed by atoms with Gasteiger partial charge in [-0.3, -0.25) is 4.79 Å². The highest BCUT2D eigenvalue weighted by atomic mass is 35.5. The summed E-state index contributed by atoms with van der Waals surface area (Å²) in [5.74, 6) is 0.0760. The van der Waals surface area contributed by atoms with Crippen molar-refractivity contribution in [2.24, 2.45) is 11.7 Å². The number of rotatable bonds is 4. The van der Waals surface area contributed by atoms with E-state index in [-0.39, 0.29) is 10.7 Å². The van der Waals surface area contributed by atoms with Gasteiger partial charge in [0.2, 0.25) is 0 Å². The van der Waals surface area contributed by atoms with E-state index < -0.39 is 5.91 Å². The van der Waals surface area contributed by atoms with E-state index in [1.165, 1.54) is 24.6 Å². The van der Waals surface area contributed by atoms with Crippen LogP contribution < -0.4 is 5.73 Å². The Kier molecular flexibility index (Phi) is 3.35. The Bertz CT molecular complexity index is 434. The summed E-state index contributed by atoms with van der Waals surface area (Å²) < 4.78 is 0. The summed E-state index contributed by atoms with van der Waals surface area (Å²) in [5.41, 5.74) is 6.27. The topological polar surface area (TPSA) is 68.9 Å². The first-order chi connectivity index (χ1) is 7.61. The lowest BCUT2D eigenvalue weighted by Gasteiger charge is -2.08. The van der Waals surface area contributed by atoms with E-state index in [4.69, 9.17) is 17.3 Å². The maximum atomic E-state index is 11.3. The average molecular weight is 258 g/mol. The molecule has 2 rings (SSSR count). The minimum Gasteiger partial charge on any atom is -0.365 e. The number of nitrogens with two attached hydrogens (primary N) is 1. The fourth-order valence-electron chi connectivity index (χ4n) is 1.53. The second-order valence-corrected chi connectivity index (χ2v) is 4.97. The lowest BCUT2D eigenvalue weighted by Crippen LogP contribution is -2.17. The molecule has 1 aromatic rings. The molecule has 0 aromatic carbocycles. The third-order valence-corrected chi connectivity index (χ3v) is 3.35. The van der Waals surface area contributed by atoms with Gasteiger partial charge in [0.05, 0.1) is 11.3 Å². The predicted molar refractivity (Wildman–Crippen MR) is 63.8 cm³/mol. The van der Waals surface area contributed by atoms with E-state index in [0.717, 1.165) is 6.42 Å². The summed E-state index contributed by atoms with van der Waals surface area (Å²) in [6.45, 7) is 0. The second kappa shape index (κ2) is 4.59. The van der Waals surface area contributed by atoms with Crippen molar-refractivity contribution in [1.29, 1.82) is 0 Å². The fraction of sp³-hybridized carbons (Fsp3) is 0.500. The molecule has 6 heteroatoms. The van der Waals surface area contributed by atoms with E-state index >= 15 is 0 Å². The number of primary amides is 1. The molecule has 0 spiro atoms. The number of carbonyl (C=O) groups is 1. The molecule has 0 aliphatic heterocycles. The molecule has 1 fully saturated rings. The zero-order chi connectivity index (χ0) is 11.7. The summed E-state index contributed by atoms with van der Waals surface area (Å²) in [4.78, 5) is 19.6. The Morgan fingerprint density at radius 3 is 2.75 bits per heavy atom. The summed E-state index contributed by atoms with van der Waals surface area (Å²) in [6.07, 6.45) is 5.02. The normalized spacial score (nSPS) is 15.1. The molecule has 0 atom stereocenters. The first-order valence-corrected chi connectivity index (χ1v) is 6.62. The number of amides is 1. The van der Waals surface area contributed by atoms with Crippen molar-refractivity contribution in [3.05, 3.63) is 16.4 Å². The lowest BCUT2D eigenvalue weighted by atomic mass is 10.1. The minimum absolute atomic E-state index is 0.169. The van der Waals surface area contributed by atoms with Crippen molar-refractivity contribution >= 4 is 29.3 Å². The molecule has 1 aromatic heterocycles. The molecule has 0 radical (unpaired) electrons. The van der Waals surface area contributed by atoms with Gasteiger partial charge in [-0.2, -0.15) is 0 Å². The van der Waals surface area contributed by atoms with Gasteiger partial charge in [-0.1, -0.05) is 23.4 Å². The summed E-state index contributed by atoms with van der Waals surface area (Å²) in [7, 11) is 0. The molecule has 2 N–H and O–H groups in total. The second-order valence-electron chi connectivity index (χ2n) is 3.83. The quantitative estimate of drug-likeness (QED) is 0.508. The molecule has 0 unspecified atom stereocenters. The van der Waals surface area contributed by atoms with Crippen LogP contribution in [0.5, 0.6) is 0 Å². The molecule has 1 heterocycles. The number of aromatic nitrogens is 2. The summed E-state index contributed by atoms with van der Waals surface area (Å²) in [5, 5.41) is 0.758. The minimum atomic E-state index is -0.548. The fourth-order valence-corrected chi connectivity index (χ4v) is 2.25. The standard InChI is InChI=1S/C10H12ClN3OS/c1-16-10-13-6(4-5-2-3-5)7(9(12)15)8(11)14-10/h5H,2-4H2,1H3,(H2,12,15). The molecule has 0 saturated heterocycles. The van der Waals surface area contributed by atoms with Crippen molar-refractivity contribution in [1.82, 2.24) is 9.97 Å². The Balaban J connectivity index is 2.42. The van der Waals surface area contributed by atoms with E-state index in [9.17, 15) is 4.79 Å². The smallest absolute Gasteiger partial charge is 0.253 e. The number of hydrogen-bond acceptors (Lipinski definition) is 4. The van der Waals surface area contributed by atoms with Gasteiger partial charge < -0.3 is 5.73 Å². The number of carbonyl (C=O) groups excluding carboxylic acids is 1. The molecule has 1 aliphatic carbocycles. The first kappa shape index (κ1) is 11.7. The van der Waals surface area contributed by atoms with Crippen LogP contribution in [0.4, 0.5) is 0 Å². The number of hydrogen-bond donors (Lipinski definition) is 1. The zero-order valence-electron chi connectivity index (χ0n) is 8.86. The van der Waals surface area contributed by atoms with Crippen LogP contribution >= 0.6 is 23.4 Å². The SMILES string of the molecule is CSc1nc(Cl)c(C(N)=O)c(CC2CC2)n1. The highest BCUT2D eigenvalue weighted by molar-refractivity contribution is 7.98. The van der Waals surface area contributed by atoms with Crippen LogP contribution in [0.1, 0.15) is 28.9 Å². The van der Waals surface area contributed by atoms with Crippen LogP contribution in [0.25, 0.3) is 0 Å². The van der Waals surface area contributed by atoms with Crippen molar-refractivity contribution < 1.29 is 4.79 Å². The largest absolute Gasteiger partial charge is 0.365 e. The van der Waals surface area contributed by atoms with Crippen LogP contribution in [-0.4, -0.2) is 22.1 Å². The van der Waals surface area contributed by atoms with Crippen LogP contribution in [0.15, 0.2) is 5.16 Å². The average Bonchev–Trinajstić information content (AvgIpc) is 3.00. The number of nitrogens with zero attached hydrogens (tertiary/aromatic N) is 2. The van der Waals surface area contributed by atoms with Gasteiger partial charge in [-0.05, 0) is 31.4 Å². The molecule has 86 valence electrons. The first-order valence-electron chi connectivity index (χ1n) is 5.02. The van der Waals surface area contributed by atoms with Crippen LogP contribution in [0.2, 0.25) is 5.15 Å². The van der Waals surface area contributed by atoms with E-state index in [2.05, 4.69) is 9.97 Å². The number of halogens is 1. The maximum Gasteiger partial charge on any atom is 0.253 e. The van der Waals surface area contributed by atoms with Crippen LogP contribution in [-0.2, 0) is 6.42 Å². The van der Waals surface area contributed by atoms with Crippen LogP contribution in [0.3, 0.4) is 0 Å². The Morgan fingerprint density at radius 1 is 1.56 bits per heavy atom. The van der Waals surface area contributed by atoms with Gasteiger partial charge in [-0.15, -0.1) is 0 Å². The molecule has 1 aliphatic rings. The highest BCUT2D eigenvalue weighted by Crippen LogP contribution is 2.34. The molecule has 0 bridgehead atoms. The Morgan fingerprint density at radius 2 is 2.25 bits per heavy atom. The van der Waals surface area contributed by atoms with Crippen molar-refractivity contribution in [2.45, 2.75) is 24.4 Å². The van der Waals surface area contributed by atoms with Crippen LogP contribution in [0, 0.1) is 5.92 Å². The molecule has 4 nitrogen and oxygen atoms in total. The molecular weight excluding hydrogens is 246 g/mol. The molecule has 16 heavy (non-hydrogen) atoms. The Hall–Kier alpha value is -0.810. The molecular formula is C10H12ClN3OS. The lowest BCUT2D eigenvalue weighted by molar-refractivity contribution is 0.0998. The van der Waals surface area contributed by atoms with Gasteiger partial charge in [0.1, 0.15) is 5.15 Å². The van der Waals surface area contributed by atoms with Crippen molar-refractivity contribution in [3.63, 3.8) is 0 Å². The van der Waals surface area contributed by atoms with Gasteiger partial charge in [0, 0.05) is 0 Å². The maximum absolute atomic E-state index is 11.3. The third-order valence-electron chi connectivity index (χ3n) is 2.53. The van der Waals surface area contributed by atoms with Gasteiger partial charge in [-0.25, -0.2) is 9.97 Å². The van der Waals surface area contributed by atoms with Gasteiger partial charge in [0.25, 0.3) is 5.91 Å². The van der Waals surface area contributed by atoms with E-state index in [0.29, 0.717) is 16.8 Å². The summed E-state index contributed by atoms with van der Waals surface area (Å²) in [6, 6.07) is 0. The predicted octanol–water partition coefficient (Wildman–Crippen LogP) is 1.90. The van der Waals surface area contributed by atoms with Crippen molar-refractivity contribution in [3.8, 4) is 0 Å². The van der Waals surface area contributed by atoms with E-state index in [1.54, 1.807) is 0 Å². The highest BCUT2D eigenvalue weighted by Gasteiger charge is 2.26. The molecule has 1 saturated carbocycles. The zero-order valence-corrected chi connectivity index (χ0v) is 10.4. The monoisotopic (exact) mass is 257 g/mol. The third kappa shape index (κ3) is 2.47. The van der Waals surface area contributed by atoms with Crippen molar-refractivity contribution in [2.75, 3.05) is 6.26 Å². The Labute approximate surface area is 103 Å².